The third-order valence-corrected chi connectivity index (χ3v) is 6.17. The first-order valence-electron chi connectivity index (χ1n) is 10.6. The van der Waals surface area contributed by atoms with Crippen molar-refractivity contribution in [1.29, 1.82) is 0 Å². The van der Waals surface area contributed by atoms with E-state index in [-0.39, 0.29) is 5.48 Å². The van der Waals surface area contributed by atoms with E-state index in [9.17, 15) is 56.2 Å². The van der Waals surface area contributed by atoms with Gasteiger partial charge in [0.1, 0.15) is 73.8 Å². The lowest BCUT2D eigenvalue weighted by atomic mass is 9.98. The van der Waals surface area contributed by atoms with Gasteiger partial charge >= 0.3 is 0 Å². The van der Waals surface area contributed by atoms with Gasteiger partial charge in [-0.1, -0.05) is 0 Å². The van der Waals surface area contributed by atoms with Crippen LogP contribution in [0.25, 0.3) is 0 Å². The predicted molar refractivity (Wildman–Crippen MR) is 105 cm³/mol. The van der Waals surface area contributed by atoms with Crippen molar-refractivity contribution < 1.29 is 85.3 Å². The molecule has 208 valence electrons. The monoisotopic (exact) mass is 522 g/mol. The number of hydrogen-bond donors (Lipinski definition) is 11. The third kappa shape index (κ3) is 5.61. The van der Waals surface area contributed by atoms with Crippen molar-refractivity contribution in [3.63, 3.8) is 0 Å². The van der Waals surface area contributed by atoms with Gasteiger partial charge in [-0.3, -0.25) is 0 Å². The summed E-state index contributed by atoms with van der Waals surface area (Å²) >= 11 is 0. The zero-order valence-electron chi connectivity index (χ0n) is 18.3. The Kier molecular flexibility index (Phi) is 10.7. The number of rotatable bonds is 8. The normalized spacial score (nSPS) is 50.7. The van der Waals surface area contributed by atoms with Crippen molar-refractivity contribution >= 4 is 0 Å². The number of ether oxygens (including phenoxy) is 5. The van der Waals surface area contributed by atoms with Crippen molar-refractivity contribution in [3.05, 3.63) is 0 Å². The molecule has 3 aliphatic heterocycles. The summed E-state index contributed by atoms with van der Waals surface area (Å²) in [4.78, 5) is 0. The molecule has 0 saturated carbocycles. The van der Waals surface area contributed by atoms with Crippen LogP contribution in [-0.2, 0) is 23.7 Å². The van der Waals surface area contributed by atoms with Crippen LogP contribution in [0.3, 0.4) is 0 Å². The van der Waals surface area contributed by atoms with Crippen LogP contribution in [0.2, 0.25) is 0 Å². The van der Waals surface area contributed by atoms with Crippen molar-refractivity contribution in [1.82, 2.24) is 0 Å². The largest absolute Gasteiger partial charge is 0.412 e. The molecule has 0 bridgehead atoms. The molecule has 13 N–H and O–H groups in total. The molecule has 3 rings (SSSR count). The SMILES string of the molecule is O.OC[C@H]1O[C@H](O[C@]2(CO)O[C@H](CO)[C@@H](O)[C@@H]2OC2O[C@H](CO)[C@@H](O)[C@H](O)[C@H]2O)[C@H](O)[C@@H](O)[C@H]1O. The van der Waals surface area contributed by atoms with E-state index in [0.717, 1.165) is 0 Å². The first-order chi connectivity index (χ1) is 16.0. The minimum atomic E-state index is -2.43. The standard InChI is InChI=1S/C18H32O16.H2O/c19-1-5-8(23)11(26)13(28)16(30-5)32-15-10(25)7(3-21)33-18(15,4-22)34-17-14(29)12(27)9(24)6(2-20)31-17;/h5-17,19-29H,1-4H2;1H2/t5-,6-,7-,8-,9+,10-,11+,12+,13-,14-,15+,16?,17-,18+;/m1./s1. The van der Waals surface area contributed by atoms with E-state index in [1.807, 2.05) is 0 Å². The summed E-state index contributed by atoms with van der Waals surface area (Å²) in [6.45, 7) is -3.49. The first kappa shape index (κ1) is 30.5. The summed E-state index contributed by atoms with van der Waals surface area (Å²) < 4.78 is 27.0. The summed E-state index contributed by atoms with van der Waals surface area (Å²) in [5.74, 6) is -2.43. The Hall–Kier alpha value is -0.680. The maximum atomic E-state index is 10.6. The highest BCUT2D eigenvalue weighted by atomic mass is 16.8. The van der Waals surface area contributed by atoms with E-state index in [1.54, 1.807) is 0 Å². The van der Waals surface area contributed by atoms with Crippen molar-refractivity contribution in [3.8, 4) is 0 Å². The predicted octanol–water partition coefficient (Wildman–Crippen LogP) is -8.40. The van der Waals surface area contributed by atoms with Gasteiger partial charge in [0.05, 0.1) is 19.8 Å². The molecule has 17 nitrogen and oxygen atoms in total. The molecule has 35 heavy (non-hydrogen) atoms. The third-order valence-electron chi connectivity index (χ3n) is 6.17. The minimum Gasteiger partial charge on any atom is -0.412 e. The summed E-state index contributed by atoms with van der Waals surface area (Å²) in [6, 6.07) is 0. The van der Waals surface area contributed by atoms with Gasteiger partial charge in [0, 0.05) is 0 Å². The molecular formula is C18H34O17. The molecular weight excluding hydrogens is 488 g/mol. The molecule has 0 aliphatic carbocycles. The molecule has 3 heterocycles. The van der Waals surface area contributed by atoms with Gasteiger partial charge < -0.3 is 85.3 Å². The summed E-state index contributed by atoms with van der Waals surface area (Å²) in [7, 11) is 0. The lowest BCUT2D eigenvalue weighted by molar-refractivity contribution is -0.400. The molecule has 0 spiro atoms. The number of hydrogen-bond acceptors (Lipinski definition) is 16. The highest BCUT2D eigenvalue weighted by Gasteiger charge is 2.61. The molecule has 17 heteroatoms. The maximum Gasteiger partial charge on any atom is 0.224 e. The van der Waals surface area contributed by atoms with Crippen LogP contribution in [0.15, 0.2) is 0 Å². The molecule has 14 atom stereocenters. The Morgan fingerprint density at radius 3 is 1.49 bits per heavy atom. The van der Waals surface area contributed by atoms with E-state index in [1.165, 1.54) is 0 Å². The van der Waals surface area contributed by atoms with Crippen LogP contribution in [-0.4, -0.2) is 174 Å². The fourth-order valence-electron chi connectivity index (χ4n) is 4.12. The quantitative estimate of drug-likeness (QED) is 0.141. The van der Waals surface area contributed by atoms with Crippen LogP contribution in [0.4, 0.5) is 0 Å². The Bertz CT molecular complexity index is 653. The van der Waals surface area contributed by atoms with Crippen LogP contribution < -0.4 is 0 Å². The first-order valence-corrected chi connectivity index (χ1v) is 10.6. The zero-order chi connectivity index (χ0) is 25.4. The van der Waals surface area contributed by atoms with Crippen molar-refractivity contribution in [2.75, 3.05) is 26.4 Å². The zero-order valence-corrected chi connectivity index (χ0v) is 18.3. The van der Waals surface area contributed by atoms with Gasteiger partial charge in [-0.2, -0.15) is 0 Å². The molecule has 0 radical (unpaired) electrons. The number of aliphatic hydroxyl groups is 11. The van der Waals surface area contributed by atoms with Gasteiger partial charge in [-0.25, -0.2) is 0 Å². The smallest absolute Gasteiger partial charge is 0.224 e. The van der Waals surface area contributed by atoms with Gasteiger partial charge in [-0.05, 0) is 0 Å². The Morgan fingerprint density at radius 1 is 0.571 bits per heavy atom. The van der Waals surface area contributed by atoms with E-state index >= 15 is 0 Å². The highest BCUT2D eigenvalue weighted by molar-refractivity contribution is 5.01. The molecule has 0 aromatic rings. The average molecular weight is 522 g/mol. The molecule has 3 fully saturated rings. The highest BCUT2D eigenvalue weighted by Crippen LogP contribution is 2.39. The average Bonchev–Trinajstić information content (AvgIpc) is 3.10. The molecule has 0 aromatic heterocycles. The van der Waals surface area contributed by atoms with Gasteiger partial charge in [0.15, 0.2) is 12.6 Å². The summed E-state index contributed by atoms with van der Waals surface area (Å²) in [5, 5.41) is 109. The second kappa shape index (κ2) is 12.2. The topological polar surface area (TPSA) is 300 Å². The molecule has 0 aromatic carbocycles. The van der Waals surface area contributed by atoms with Gasteiger partial charge in [-0.15, -0.1) is 0 Å². The summed E-state index contributed by atoms with van der Waals surface area (Å²) in [6.07, 6.45) is -22.3. The Balaban J connectivity index is 0.00000432. The van der Waals surface area contributed by atoms with Gasteiger partial charge in [0.25, 0.3) is 0 Å². The van der Waals surface area contributed by atoms with E-state index < -0.39 is 112 Å². The Labute approximate surface area is 198 Å². The van der Waals surface area contributed by atoms with Crippen LogP contribution in [0.1, 0.15) is 0 Å². The lowest BCUT2D eigenvalue weighted by Gasteiger charge is -2.45. The second-order valence-electron chi connectivity index (χ2n) is 8.37. The molecule has 0 amide bonds. The lowest BCUT2D eigenvalue weighted by Crippen LogP contribution is -2.64. The Morgan fingerprint density at radius 2 is 1.03 bits per heavy atom. The fourth-order valence-corrected chi connectivity index (χ4v) is 4.12. The van der Waals surface area contributed by atoms with E-state index in [4.69, 9.17) is 23.7 Å². The van der Waals surface area contributed by atoms with E-state index in [0.29, 0.717) is 0 Å². The summed E-state index contributed by atoms with van der Waals surface area (Å²) in [5.41, 5.74) is 0. The van der Waals surface area contributed by atoms with E-state index in [2.05, 4.69) is 0 Å². The fraction of sp³-hybridized carbons (Fsp3) is 1.00. The minimum absolute atomic E-state index is 0. The maximum absolute atomic E-state index is 10.6. The van der Waals surface area contributed by atoms with Crippen LogP contribution >= 0.6 is 0 Å². The number of aliphatic hydroxyl groups excluding tert-OH is 11. The molecule has 3 saturated heterocycles. The van der Waals surface area contributed by atoms with Gasteiger partial charge in [0.2, 0.25) is 5.79 Å². The van der Waals surface area contributed by atoms with Crippen molar-refractivity contribution in [2.45, 2.75) is 85.5 Å². The van der Waals surface area contributed by atoms with Crippen LogP contribution in [0.5, 0.6) is 0 Å². The van der Waals surface area contributed by atoms with Crippen LogP contribution in [0, 0.1) is 0 Å². The van der Waals surface area contributed by atoms with Crippen molar-refractivity contribution in [2.24, 2.45) is 0 Å². The molecule has 1 unspecified atom stereocenters. The molecule has 3 aliphatic rings. The second-order valence-corrected chi connectivity index (χ2v) is 8.37.